The van der Waals surface area contributed by atoms with Gasteiger partial charge in [0.25, 0.3) is 0 Å². The third kappa shape index (κ3) is 8.48. The molecule has 13 heteroatoms. The highest BCUT2D eigenvalue weighted by molar-refractivity contribution is 5.94. The van der Waals surface area contributed by atoms with Crippen LogP contribution in [0.2, 0.25) is 0 Å². The van der Waals surface area contributed by atoms with E-state index in [2.05, 4.69) is 25.9 Å². The lowest BCUT2D eigenvalue weighted by atomic mass is 10.0. The number of carboxylic acids is 1. The Morgan fingerprint density at radius 3 is 2.20 bits per heavy atom. The number of benzene rings is 1. The summed E-state index contributed by atoms with van der Waals surface area (Å²) in [5.74, 6) is -3.84. The Labute approximate surface area is 201 Å². The van der Waals surface area contributed by atoms with E-state index < -0.39 is 60.6 Å². The number of nitrogens with one attached hydrogen (secondary N) is 4. The molecule has 0 aliphatic heterocycles. The fraction of sp³-hybridized carbons (Fsp3) is 0.409. The van der Waals surface area contributed by atoms with Crippen molar-refractivity contribution >= 4 is 23.7 Å². The number of carbonyl (C=O) groups excluding carboxylic acids is 3. The summed E-state index contributed by atoms with van der Waals surface area (Å²) in [5, 5.41) is 35.7. The first-order valence-electron chi connectivity index (χ1n) is 10.8. The molecule has 13 nitrogen and oxygen atoms in total. The zero-order valence-electron chi connectivity index (χ0n) is 19.0. The highest BCUT2D eigenvalue weighted by Gasteiger charge is 2.32. The zero-order chi connectivity index (χ0) is 26.0. The second kappa shape index (κ2) is 13.2. The number of amides is 3. The van der Waals surface area contributed by atoms with Crippen molar-refractivity contribution in [1.29, 1.82) is 0 Å². The highest BCUT2D eigenvalue weighted by atomic mass is 16.4. The molecule has 0 bridgehead atoms. The van der Waals surface area contributed by atoms with Gasteiger partial charge in [0.1, 0.15) is 24.2 Å². The Balaban J connectivity index is 2.19. The fourth-order valence-electron chi connectivity index (χ4n) is 3.16. The van der Waals surface area contributed by atoms with Gasteiger partial charge in [-0.1, -0.05) is 30.3 Å². The van der Waals surface area contributed by atoms with Crippen LogP contribution in [0.15, 0.2) is 42.9 Å². The first-order chi connectivity index (χ1) is 16.6. The monoisotopic (exact) mass is 490 g/mol. The number of nitrogens with zero attached hydrogens (tertiary/aromatic N) is 1. The van der Waals surface area contributed by atoms with Gasteiger partial charge in [0, 0.05) is 24.7 Å². The van der Waals surface area contributed by atoms with E-state index in [4.69, 9.17) is 10.8 Å². The van der Waals surface area contributed by atoms with Crippen molar-refractivity contribution < 1.29 is 34.5 Å². The van der Waals surface area contributed by atoms with Gasteiger partial charge in [0.2, 0.25) is 17.7 Å². The summed E-state index contributed by atoms with van der Waals surface area (Å²) < 4.78 is 0. The third-order valence-corrected chi connectivity index (χ3v) is 5.11. The van der Waals surface area contributed by atoms with Gasteiger partial charge in [0.15, 0.2) is 0 Å². The van der Waals surface area contributed by atoms with Crippen molar-refractivity contribution in [2.24, 2.45) is 5.73 Å². The van der Waals surface area contributed by atoms with Gasteiger partial charge < -0.3 is 42.0 Å². The molecule has 5 atom stereocenters. The number of aliphatic carboxylic acids is 1. The van der Waals surface area contributed by atoms with E-state index in [0.717, 1.165) is 0 Å². The van der Waals surface area contributed by atoms with E-state index in [1.54, 1.807) is 30.3 Å². The van der Waals surface area contributed by atoms with Gasteiger partial charge >= 0.3 is 5.97 Å². The standard InChI is InChI=1S/C22H30N6O7/c1-12(30)18(28-19(31)15(23)10-29)21(33)26-16(8-14-9-24-11-25-14)20(32)27-17(22(34)35)7-13-5-3-2-4-6-13/h2-6,9,11-12,15-18,29-30H,7-8,10,23H2,1H3,(H,24,25)(H,26,33)(H,27,32)(H,28,31)(H,34,35). The summed E-state index contributed by atoms with van der Waals surface area (Å²) in [4.78, 5) is 56.4. The molecule has 0 fully saturated rings. The lowest BCUT2D eigenvalue weighted by Gasteiger charge is -2.26. The summed E-state index contributed by atoms with van der Waals surface area (Å²) in [6.07, 6.45) is 1.37. The van der Waals surface area contributed by atoms with Crippen LogP contribution >= 0.6 is 0 Å². The van der Waals surface area contributed by atoms with Crippen LogP contribution in [0.1, 0.15) is 18.2 Å². The number of carboxylic acid groups (broad SMARTS) is 1. The molecule has 0 aliphatic rings. The predicted molar refractivity (Wildman–Crippen MR) is 123 cm³/mol. The molecule has 35 heavy (non-hydrogen) atoms. The van der Waals surface area contributed by atoms with E-state index in [9.17, 15) is 29.4 Å². The fourth-order valence-corrected chi connectivity index (χ4v) is 3.16. The maximum absolute atomic E-state index is 13.1. The first-order valence-corrected chi connectivity index (χ1v) is 10.8. The van der Waals surface area contributed by atoms with Crippen molar-refractivity contribution in [1.82, 2.24) is 25.9 Å². The molecule has 3 amide bonds. The number of imidazole rings is 1. The van der Waals surface area contributed by atoms with Crippen LogP contribution in [0.4, 0.5) is 0 Å². The normalized spacial score (nSPS) is 15.2. The minimum Gasteiger partial charge on any atom is -0.480 e. The predicted octanol–water partition coefficient (Wildman–Crippen LogP) is -2.57. The van der Waals surface area contributed by atoms with Gasteiger partial charge in [0.05, 0.1) is 19.0 Å². The van der Waals surface area contributed by atoms with Crippen LogP contribution in [0.5, 0.6) is 0 Å². The lowest BCUT2D eigenvalue weighted by molar-refractivity contribution is -0.142. The number of H-pyrrole nitrogens is 1. The molecule has 1 aromatic carbocycles. The second-order valence-electron chi connectivity index (χ2n) is 7.95. The van der Waals surface area contributed by atoms with Crippen molar-refractivity contribution in [2.45, 2.75) is 50.0 Å². The summed E-state index contributed by atoms with van der Waals surface area (Å²) >= 11 is 0. The molecular formula is C22H30N6O7. The molecule has 0 radical (unpaired) electrons. The minimum absolute atomic E-state index is 0.0119. The molecule has 1 aromatic heterocycles. The van der Waals surface area contributed by atoms with Gasteiger partial charge in [-0.2, -0.15) is 0 Å². The van der Waals surface area contributed by atoms with Gasteiger partial charge in [-0.25, -0.2) is 9.78 Å². The molecule has 0 saturated carbocycles. The number of aromatic nitrogens is 2. The number of carbonyl (C=O) groups is 4. The number of nitrogens with two attached hydrogens (primary N) is 1. The lowest BCUT2D eigenvalue weighted by Crippen LogP contribution is -2.60. The Kier molecular flexibility index (Phi) is 10.3. The van der Waals surface area contributed by atoms with Crippen LogP contribution in [0.25, 0.3) is 0 Å². The van der Waals surface area contributed by atoms with Crippen LogP contribution in [-0.4, -0.2) is 85.9 Å². The van der Waals surface area contributed by atoms with E-state index in [-0.39, 0.29) is 12.8 Å². The van der Waals surface area contributed by atoms with Crippen LogP contribution in [-0.2, 0) is 32.0 Å². The van der Waals surface area contributed by atoms with E-state index >= 15 is 0 Å². The van der Waals surface area contributed by atoms with Crippen molar-refractivity contribution in [3.8, 4) is 0 Å². The van der Waals surface area contributed by atoms with E-state index in [1.165, 1.54) is 19.4 Å². The maximum atomic E-state index is 13.1. The van der Waals surface area contributed by atoms with Crippen molar-refractivity contribution in [3.05, 3.63) is 54.1 Å². The molecule has 5 unspecified atom stereocenters. The minimum atomic E-state index is -1.49. The summed E-state index contributed by atoms with van der Waals surface area (Å²) in [7, 11) is 0. The Bertz CT molecular complexity index is 983. The highest BCUT2D eigenvalue weighted by Crippen LogP contribution is 2.06. The largest absolute Gasteiger partial charge is 0.480 e. The number of rotatable bonds is 13. The Morgan fingerprint density at radius 2 is 1.66 bits per heavy atom. The van der Waals surface area contributed by atoms with E-state index in [1.807, 2.05) is 0 Å². The quantitative estimate of drug-likeness (QED) is 0.148. The molecule has 9 N–H and O–H groups in total. The van der Waals surface area contributed by atoms with Gasteiger partial charge in [-0.3, -0.25) is 14.4 Å². The second-order valence-corrected chi connectivity index (χ2v) is 7.95. The molecule has 2 aromatic rings. The summed E-state index contributed by atoms with van der Waals surface area (Å²) in [5.41, 5.74) is 6.60. The molecule has 2 rings (SSSR count). The number of hydrogen-bond acceptors (Lipinski definition) is 8. The van der Waals surface area contributed by atoms with Gasteiger partial charge in [-0.15, -0.1) is 0 Å². The number of hydrogen-bond donors (Lipinski definition) is 8. The SMILES string of the molecule is CC(O)C(NC(=O)C(N)CO)C(=O)NC(Cc1cnc[nH]1)C(=O)NC(Cc1ccccc1)C(=O)O. The Hall–Kier alpha value is -3.81. The molecule has 190 valence electrons. The number of aromatic amines is 1. The van der Waals surface area contributed by atoms with Crippen molar-refractivity contribution in [2.75, 3.05) is 6.61 Å². The van der Waals surface area contributed by atoms with Crippen molar-refractivity contribution in [3.63, 3.8) is 0 Å². The topological polar surface area (TPSA) is 220 Å². The third-order valence-electron chi connectivity index (χ3n) is 5.11. The average molecular weight is 491 g/mol. The molecule has 0 saturated heterocycles. The Morgan fingerprint density at radius 1 is 1.00 bits per heavy atom. The van der Waals surface area contributed by atoms with Crippen LogP contribution in [0.3, 0.4) is 0 Å². The first kappa shape index (κ1) is 27.4. The molecule has 0 aliphatic carbocycles. The number of aliphatic hydroxyl groups excluding tert-OH is 2. The smallest absolute Gasteiger partial charge is 0.326 e. The molecule has 0 spiro atoms. The van der Waals surface area contributed by atoms with Crippen LogP contribution < -0.4 is 21.7 Å². The van der Waals surface area contributed by atoms with E-state index in [0.29, 0.717) is 11.3 Å². The summed E-state index contributed by atoms with van der Waals surface area (Å²) in [6.45, 7) is 0.572. The summed E-state index contributed by atoms with van der Waals surface area (Å²) in [6, 6.07) is 3.34. The maximum Gasteiger partial charge on any atom is 0.326 e. The zero-order valence-corrected chi connectivity index (χ0v) is 19.0. The average Bonchev–Trinajstić information content (AvgIpc) is 3.34. The van der Waals surface area contributed by atoms with Crippen LogP contribution in [0, 0.1) is 0 Å². The number of aliphatic hydroxyl groups is 2. The molecular weight excluding hydrogens is 460 g/mol. The van der Waals surface area contributed by atoms with Gasteiger partial charge in [-0.05, 0) is 12.5 Å². The molecule has 1 heterocycles.